The molecule has 0 saturated carbocycles. The molecule has 3 rings (SSSR count). The predicted molar refractivity (Wildman–Crippen MR) is 79.5 cm³/mol. The summed E-state index contributed by atoms with van der Waals surface area (Å²) in [5.74, 6) is 1.78. The molecule has 1 aromatic carbocycles. The fraction of sp³-hybridized carbons (Fsp3) is 0.333. The van der Waals surface area contributed by atoms with Crippen LogP contribution < -0.4 is 10.1 Å². The number of hydrogen-bond acceptors (Lipinski definition) is 4. The van der Waals surface area contributed by atoms with Crippen LogP contribution in [0.4, 0.5) is 5.82 Å². The summed E-state index contributed by atoms with van der Waals surface area (Å²) in [5.41, 5.74) is 2.21. The van der Waals surface area contributed by atoms with E-state index in [2.05, 4.69) is 21.4 Å². The molecule has 1 N–H and O–H groups in total. The number of nitrogens with one attached hydrogen (secondary N) is 1. The van der Waals surface area contributed by atoms with Crippen LogP contribution in [0.2, 0.25) is 5.15 Å². The third-order valence-corrected chi connectivity index (χ3v) is 3.78. The van der Waals surface area contributed by atoms with E-state index in [1.807, 2.05) is 25.1 Å². The van der Waals surface area contributed by atoms with Crippen molar-refractivity contribution in [3.63, 3.8) is 0 Å². The highest BCUT2D eigenvalue weighted by atomic mass is 35.5. The Morgan fingerprint density at radius 2 is 2.20 bits per heavy atom. The van der Waals surface area contributed by atoms with Gasteiger partial charge >= 0.3 is 0 Å². The van der Waals surface area contributed by atoms with Gasteiger partial charge in [-0.1, -0.05) is 36.7 Å². The van der Waals surface area contributed by atoms with Gasteiger partial charge in [0.1, 0.15) is 29.2 Å². The number of rotatable bonds is 4. The monoisotopic (exact) mass is 289 g/mol. The molecule has 20 heavy (non-hydrogen) atoms. The van der Waals surface area contributed by atoms with E-state index in [9.17, 15) is 0 Å². The van der Waals surface area contributed by atoms with E-state index < -0.39 is 0 Å². The van der Waals surface area contributed by atoms with Crippen LogP contribution in [0.1, 0.15) is 18.1 Å². The highest BCUT2D eigenvalue weighted by molar-refractivity contribution is 6.30. The molecule has 104 valence electrons. The summed E-state index contributed by atoms with van der Waals surface area (Å²) >= 11 is 6.08. The normalized spacial score (nSPS) is 16.6. The Labute approximate surface area is 123 Å². The number of hydrogen-bond donors (Lipinski definition) is 1. The number of benzene rings is 1. The van der Waals surface area contributed by atoms with Crippen molar-refractivity contribution in [2.24, 2.45) is 0 Å². The molecule has 0 spiro atoms. The number of para-hydroxylation sites is 1. The van der Waals surface area contributed by atoms with Gasteiger partial charge < -0.3 is 10.1 Å². The van der Waals surface area contributed by atoms with E-state index in [1.54, 1.807) is 0 Å². The fourth-order valence-electron chi connectivity index (χ4n) is 2.43. The van der Waals surface area contributed by atoms with Crippen LogP contribution >= 0.6 is 11.6 Å². The van der Waals surface area contributed by atoms with Gasteiger partial charge in [0.05, 0.1) is 6.54 Å². The molecule has 1 aliphatic heterocycles. The number of halogens is 1. The smallest absolute Gasteiger partial charge is 0.137 e. The average Bonchev–Trinajstić information content (AvgIpc) is 2.88. The third kappa shape index (κ3) is 2.56. The van der Waals surface area contributed by atoms with E-state index in [-0.39, 0.29) is 6.10 Å². The second kappa shape index (κ2) is 5.67. The zero-order chi connectivity index (χ0) is 13.9. The molecule has 0 saturated heterocycles. The van der Waals surface area contributed by atoms with Gasteiger partial charge in [0.15, 0.2) is 0 Å². The summed E-state index contributed by atoms with van der Waals surface area (Å²) in [6, 6.07) is 8.15. The first-order valence-corrected chi connectivity index (χ1v) is 7.13. The lowest BCUT2D eigenvalue weighted by Gasteiger charge is -2.14. The van der Waals surface area contributed by atoms with Gasteiger partial charge in [-0.15, -0.1) is 0 Å². The van der Waals surface area contributed by atoms with Gasteiger partial charge in [-0.2, -0.15) is 0 Å². The number of fused-ring (bicyclic) bond motifs is 1. The highest BCUT2D eigenvalue weighted by Crippen LogP contribution is 2.28. The Kier molecular flexibility index (Phi) is 3.74. The minimum Gasteiger partial charge on any atom is -0.488 e. The van der Waals surface area contributed by atoms with Crippen LogP contribution in [0.3, 0.4) is 0 Å². The Balaban J connectivity index is 1.66. The predicted octanol–water partition coefficient (Wildman–Crippen LogP) is 3.11. The van der Waals surface area contributed by atoms with E-state index >= 15 is 0 Å². The van der Waals surface area contributed by atoms with Crippen molar-refractivity contribution in [2.75, 3.05) is 11.9 Å². The van der Waals surface area contributed by atoms with E-state index in [1.165, 1.54) is 11.9 Å². The van der Waals surface area contributed by atoms with Crippen molar-refractivity contribution < 1.29 is 4.74 Å². The maximum absolute atomic E-state index is 6.08. The summed E-state index contributed by atoms with van der Waals surface area (Å²) in [6.45, 7) is 2.74. The molecule has 1 atom stereocenters. The van der Waals surface area contributed by atoms with Gasteiger partial charge in [-0.05, 0) is 18.1 Å². The number of nitrogens with zero attached hydrogens (tertiary/aromatic N) is 2. The van der Waals surface area contributed by atoms with Crippen molar-refractivity contribution in [3.8, 4) is 5.75 Å². The zero-order valence-electron chi connectivity index (χ0n) is 11.3. The molecule has 4 nitrogen and oxygen atoms in total. The second-order valence-corrected chi connectivity index (χ2v) is 5.14. The lowest BCUT2D eigenvalue weighted by atomic mass is 10.1. The van der Waals surface area contributed by atoms with Crippen molar-refractivity contribution in [1.82, 2.24) is 9.97 Å². The molecule has 2 aromatic rings. The summed E-state index contributed by atoms with van der Waals surface area (Å²) < 4.78 is 5.89. The highest BCUT2D eigenvalue weighted by Gasteiger charge is 2.22. The van der Waals surface area contributed by atoms with Gasteiger partial charge in [-0.25, -0.2) is 9.97 Å². The Bertz CT molecular complexity index is 593. The SMILES string of the molecule is CCc1c(Cl)ncnc1NCC1Cc2ccccc2O1. The third-order valence-electron chi connectivity index (χ3n) is 3.46. The van der Waals surface area contributed by atoms with Gasteiger partial charge in [0.25, 0.3) is 0 Å². The summed E-state index contributed by atoms with van der Waals surface area (Å²) in [6.07, 6.45) is 3.33. The first-order chi connectivity index (χ1) is 9.78. The molecular weight excluding hydrogens is 274 g/mol. The van der Waals surface area contributed by atoms with Crippen LogP contribution in [-0.2, 0) is 12.8 Å². The van der Waals surface area contributed by atoms with Gasteiger partial charge in [0, 0.05) is 12.0 Å². The van der Waals surface area contributed by atoms with Gasteiger partial charge in [-0.3, -0.25) is 0 Å². The Morgan fingerprint density at radius 1 is 1.35 bits per heavy atom. The number of ether oxygens (including phenoxy) is 1. The molecule has 1 aliphatic rings. The number of aromatic nitrogens is 2. The standard InChI is InChI=1S/C15H16ClN3O/c1-2-12-14(16)18-9-19-15(12)17-8-11-7-10-5-3-4-6-13(10)20-11/h3-6,9,11H,2,7-8H2,1H3,(H,17,18,19). The first-order valence-electron chi connectivity index (χ1n) is 6.75. The molecule has 1 unspecified atom stereocenters. The van der Waals surface area contributed by atoms with E-state index in [4.69, 9.17) is 16.3 Å². The van der Waals surface area contributed by atoms with E-state index in [0.29, 0.717) is 11.7 Å². The molecule has 0 aliphatic carbocycles. The molecule has 0 amide bonds. The molecule has 5 heteroatoms. The first kappa shape index (κ1) is 13.2. The van der Waals surface area contributed by atoms with Crippen LogP contribution in [0.25, 0.3) is 0 Å². The topological polar surface area (TPSA) is 47.0 Å². The van der Waals surface area contributed by atoms with Crippen molar-refractivity contribution in [3.05, 3.63) is 46.9 Å². The quantitative estimate of drug-likeness (QED) is 0.879. The molecule has 1 aromatic heterocycles. The molecule has 0 fully saturated rings. The zero-order valence-corrected chi connectivity index (χ0v) is 12.0. The van der Waals surface area contributed by atoms with Crippen LogP contribution in [0.15, 0.2) is 30.6 Å². The van der Waals surface area contributed by atoms with Gasteiger partial charge in [0.2, 0.25) is 0 Å². The number of anilines is 1. The van der Waals surface area contributed by atoms with Crippen LogP contribution in [0.5, 0.6) is 5.75 Å². The fourth-order valence-corrected chi connectivity index (χ4v) is 2.70. The van der Waals surface area contributed by atoms with Crippen LogP contribution in [0, 0.1) is 0 Å². The maximum atomic E-state index is 6.08. The summed E-state index contributed by atoms with van der Waals surface area (Å²) in [4.78, 5) is 8.26. The minimum absolute atomic E-state index is 0.130. The van der Waals surface area contributed by atoms with Crippen molar-refractivity contribution in [1.29, 1.82) is 0 Å². The second-order valence-electron chi connectivity index (χ2n) is 4.78. The lowest BCUT2D eigenvalue weighted by Crippen LogP contribution is -2.24. The minimum atomic E-state index is 0.130. The van der Waals surface area contributed by atoms with Crippen molar-refractivity contribution >= 4 is 17.4 Å². The Morgan fingerprint density at radius 3 is 3.00 bits per heavy atom. The summed E-state index contributed by atoms with van der Waals surface area (Å²) in [7, 11) is 0. The largest absolute Gasteiger partial charge is 0.488 e. The average molecular weight is 290 g/mol. The summed E-state index contributed by atoms with van der Waals surface area (Å²) in [5, 5.41) is 3.84. The molecule has 0 bridgehead atoms. The van der Waals surface area contributed by atoms with Crippen LogP contribution in [-0.4, -0.2) is 22.6 Å². The Hall–Kier alpha value is -1.81. The lowest BCUT2D eigenvalue weighted by molar-refractivity contribution is 0.246. The molecular formula is C15H16ClN3O. The molecule has 0 radical (unpaired) electrons. The van der Waals surface area contributed by atoms with E-state index in [0.717, 1.165) is 30.0 Å². The maximum Gasteiger partial charge on any atom is 0.137 e. The molecule has 2 heterocycles. The van der Waals surface area contributed by atoms with Crippen molar-refractivity contribution in [2.45, 2.75) is 25.9 Å².